The number of hydrogen-bond acceptors (Lipinski definition) is 3. The van der Waals surface area contributed by atoms with Gasteiger partial charge in [-0.05, 0) is 69.6 Å². The maximum absolute atomic E-state index is 12.7. The van der Waals surface area contributed by atoms with E-state index >= 15 is 0 Å². The average molecular weight is 529 g/mol. The van der Waals surface area contributed by atoms with Gasteiger partial charge in [-0.3, -0.25) is 9.59 Å². The predicted molar refractivity (Wildman–Crippen MR) is 159 cm³/mol. The van der Waals surface area contributed by atoms with Crippen LogP contribution in [0.4, 0.5) is 0 Å². The minimum atomic E-state index is -1.06. The van der Waals surface area contributed by atoms with E-state index in [2.05, 4.69) is 78.3 Å². The molecule has 0 fully saturated rings. The lowest BCUT2D eigenvalue weighted by Crippen LogP contribution is -2.52. The molecule has 0 saturated heterocycles. The van der Waals surface area contributed by atoms with Crippen LogP contribution in [0, 0.1) is 11.8 Å². The van der Waals surface area contributed by atoms with Crippen LogP contribution >= 0.6 is 0 Å². The van der Waals surface area contributed by atoms with Crippen LogP contribution in [-0.4, -0.2) is 35.0 Å². The molecule has 2 atom stereocenters. The number of nitrogens with one attached hydrogen (secondary N) is 2. The first-order valence-electron chi connectivity index (χ1n) is 14.2. The van der Waals surface area contributed by atoms with Crippen LogP contribution in [0.3, 0.4) is 0 Å². The molecule has 6 nitrogen and oxygen atoms in total. The first-order chi connectivity index (χ1) is 18.2. The molecule has 0 aliphatic carbocycles. The summed E-state index contributed by atoms with van der Waals surface area (Å²) in [7, 11) is 0. The molecule has 0 aliphatic heterocycles. The van der Waals surface area contributed by atoms with Crippen LogP contribution in [0.5, 0.6) is 0 Å². The predicted octanol–water partition coefficient (Wildman–Crippen LogP) is 7.05. The van der Waals surface area contributed by atoms with Gasteiger partial charge in [0.2, 0.25) is 11.8 Å². The van der Waals surface area contributed by atoms with Gasteiger partial charge in [0.15, 0.2) is 0 Å². The maximum atomic E-state index is 12.7. The normalized spacial score (nSPS) is 14.1. The Labute approximate surface area is 231 Å². The number of carboxylic acid groups (broad SMARTS) is 1. The van der Waals surface area contributed by atoms with Gasteiger partial charge >= 0.3 is 5.97 Å². The molecule has 1 unspecified atom stereocenters. The molecule has 0 aromatic heterocycles. The number of allylic oxidation sites excluding steroid dienone is 10. The first-order valence-corrected chi connectivity index (χ1v) is 14.2. The fourth-order valence-electron chi connectivity index (χ4n) is 3.68. The molecule has 3 N–H and O–H groups in total. The van der Waals surface area contributed by atoms with Crippen molar-refractivity contribution in [2.75, 3.05) is 0 Å². The summed E-state index contributed by atoms with van der Waals surface area (Å²) in [6.45, 7) is 9.89. The molecule has 0 saturated carbocycles. The second-order valence-electron chi connectivity index (χ2n) is 10.4. The second-order valence-corrected chi connectivity index (χ2v) is 10.4. The Balaban J connectivity index is 4.28. The van der Waals surface area contributed by atoms with Gasteiger partial charge in [-0.25, -0.2) is 4.79 Å². The third-order valence-corrected chi connectivity index (χ3v) is 5.61. The highest BCUT2D eigenvalue weighted by molar-refractivity contribution is 5.90. The van der Waals surface area contributed by atoms with Gasteiger partial charge < -0.3 is 15.7 Å². The van der Waals surface area contributed by atoms with Crippen molar-refractivity contribution in [3.05, 3.63) is 60.8 Å². The fourth-order valence-corrected chi connectivity index (χ4v) is 3.68. The third-order valence-electron chi connectivity index (χ3n) is 5.61. The van der Waals surface area contributed by atoms with Gasteiger partial charge in [0.1, 0.15) is 12.1 Å². The number of amides is 2. The maximum Gasteiger partial charge on any atom is 0.326 e. The van der Waals surface area contributed by atoms with Crippen LogP contribution in [-0.2, 0) is 14.4 Å². The molecule has 0 aromatic rings. The Morgan fingerprint density at radius 3 is 1.55 bits per heavy atom. The van der Waals surface area contributed by atoms with Crippen LogP contribution in [0.15, 0.2) is 60.8 Å². The van der Waals surface area contributed by atoms with Gasteiger partial charge in [0.25, 0.3) is 0 Å². The number of aliphatic carboxylic acids is 1. The van der Waals surface area contributed by atoms with E-state index in [4.69, 9.17) is 0 Å². The van der Waals surface area contributed by atoms with Crippen LogP contribution in [0.1, 0.15) is 98.8 Å². The molecule has 0 aliphatic rings. The van der Waals surface area contributed by atoms with Gasteiger partial charge in [-0.2, -0.15) is 0 Å². The van der Waals surface area contributed by atoms with E-state index in [1.54, 1.807) is 0 Å². The zero-order valence-electron chi connectivity index (χ0n) is 24.3. The Bertz CT molecular complexity index is 806. The molecule has 38 heavy (non-hydrogen) atoms. The number of carbonyl (C=O) groups excluding carboxylic acids is 2. The molecular formula is C32H52N2O4. The van der Waals surface area contributed by atoms with Gasteiger partial charge in [-0.1, -0.05) is 95.4 Å². The van der Waals surface area contributed by atoms with Crippen molar-refractivity contribution in [1.82, 2.24) is 10.6 Å². The van der Waals surface area contributed by atoms with Crippen LogP contribution < -0.4 is 10.6 Å². The quantitative estimate of drug-likeness (QED) is 0.110. The van der Waals surface area contributed by atoms with Crippen molar-refractivity contribution >= 4 is 17.8 Å². The second kappa shape index (κ2) is 23.2. The fraction of sp³-hybridized carbons (Fsp3) is 0.594. The molecule has 0 rings (SSSR count). The molecule has 214 valence electrons. The highest BCUT2D eigenvalue weighted by Gasteiger charge is 2.27. The first kappa shape index (κ1) is 35.1. The Kier molecular flexibility index (Phi) is 21.5. The summed E-state index contributed by atoms with van der Waals surface area (Å²) in [5, 5.41) is 14.8. The standard InChI is InChI=1S/C32H52N2O4/c1-6-7-8-9-10-11-12-13-14-15-16-17-18-19-20-21-22-23-30(35)33-28(24-26(2)3)31(36)34-29(32(37)38)25-27(4)5/h7-8,10-11,13-14,16-17,19-20,26-29H,6,9,12,15,18,21-25H2,1-5H3,(H,33,35)(H,34,36)(H,37,38)/b8-7-,11-10-,14-13-,17-16-,20-19-/t28?,29-/m0/s1. The highest BCUT2D eigenvalue weighted by Crippen LogP contribution is 2.10. The minimum Gasteiger partial charge on any atom is -0.480 e. The molecule has 6 heteroatoms. The van der Waals surface area contributed by atoms with Gasteiger partial charge in [-0.15, -0.1) is 0 Å². The molecule has 0 spiro atoms. The van der Waals surface area contributed by atoms with Crippen molar-refractivity contribution in [3.63, 3.8) is 0 Å². The lowest BCUT2D eigenvalue weighted by Gasteiger charge is -2.23. The number of hydrogen-bond donors (Lipinski definition) is 3. The van der Waals surface area contributed by atoms with Crippen LogP contribution in [0.2, 0.25) is 0 Å². The molecular weight excluding hydrogens is 476 g/mol. The average Bonchev–Trinajstić information content (AvgIpc) is 2.84. The van der Waals surface area contributed by atoms with Crippen molar-refractivity contribution in [2.45, 2.75) is 111 Å². The zero-order valence-corrected chi connectivity index (χ0v) is 24.3. The Morgan fingerprint density at radius 1 is 0.658 bits per heavy atom. The highest BCUT2D eigenvalue weighted by atomic mass is 16.4. The third kappa shape index (κ3) is 21.2. The Hall–Kier alpha value is -2.89. The van der Waals surface area contributed by atoms with E-state index in [1.807, 2.05) is 27.7 Å². The molecule has 0 aromatic carbocycles. The summed E-state index contributed by atoms with van der Waals surface area (Å²) in [5.74, 6) is -1.36. The van der Waals surface area contributed by atoms with Crippen LogP contribution in [0.25, 0.3) is 0 Å². The summed E-state index contributed by atoms with van der Waals surface area (Å²) in [5.41, 5.74) is 0. The van der Waals surface area contributed by atoms with E-state index in [-0.39, 0.29) is 17.7 Å². The number of carbonyl (C=O) groups is 3. The molecule has 2 amide bonds. The summed E-state index contributed by atoms with van der Waals surface area (Å²) in [6.07, 6.45) is 29.0. The minimum absolute atomic E-state index is 0.130. The van der Waals surface area contributed by atoms with Crippen molar-refractivity contribution in [2.24, 2.45) is 11.8 Å². The van der Waals surface area contributed by atoms with Crippen molar-refractivity contribution in [3.8, 4) is 0 Å². The van der Waals surface area contributed by atoms with Gasteiger partial charge in [0.05, 0.1) is 0 Å². The van der Waals surface area contributed by atoms with E-state index < -0.39 is 24.0 Å². The monoisotopic (exact) mass is 528 g/mol. The largest absolute Gasteiger partial charge is 0.480 e. The summed E-state index contributed by atoms with van der Waals surface area (Å²) < 4.78 is 0. The molecule has 0 heterocycles. The van der Waals surface area contributed by atoms with E-state index in [0.717, 1.165) is 38.5 Å². The number of carboxylic acids is 1. The van der Waals surface area contributed by atoms with Crippen molar-refractivity contribution < 1.29 is 19.5 Å². The number of rotatable bonds is 21. The Morgan fingerprint density at radius 2 is 1.11 bits per heavy atom. The van der Waals surface area contributed by atoms with E-state index in [1.165, 1.54) is 0 Å². The topological polar surface area (TPSA) is 95.5 Å². The summed E-state index contributed by atoms with van der Waals surface area (Å²) in [4.78, 5) is 36.7. The zero-order chi connectivity index (χ0) is 28.6. The van der Waals surface area contributed by atoms with E-state index in [0.29, 0.717) is 25.7 Å². The molecule has 0 bridgehead atoms. The lowest BCUT2D eigenvalue weighted by molar-refractivity contribution is -0.142. The van der Waals surface area contributed by atoms with E-state index in [9.17, 15) is 19.5 Å². The summed E-state index contributed by atoms with van der Waals surface area (Å²) >= 11 is 0. The SMILES string of the molecule is CC/C=C\C/C=C\C/C=C\C/C=C\C/C=C\CCCC(=O)NC(CC(C)C)C(=O)N[C@@H](CC(C)C)C(=O)O. The number of unbranched alkanes of at least 4 members (excludes halogenated alkanes) is 1. The molecule has 0 radical (unpaired) electrons. The lowest BCUT2D eigenvalue weighted by atomic mass is 10.0. The van der Waals surface area contributed by atoms with Gasteiger partial charge in [0, 0.05) is 6.42 Å². The van der Waals surface area contributed by atoms with Crippen molar-refractivity contribution in [1.29, 1.82) is 0 Å². The summed E-state index contributed by atoms with van der Waals surface area (Å²) in [6, 6.07) is -1.69. The smallest absolute Gasteiger partial charge is 0.326 e.